The molecule has 1 aromatic heterocycles. The summed E-state index contributed by atoms with van der Waals surface area (Å²) in [5, 5.41) is 2.84. The molecule has 4 nitrogen and oxygen atoms in total. The van der Waals surface area contributed by atoms with Gasteiger partial charge in [0.15, 0.2) is 6.61 Å². The lowest BCUT2D eigenvalue weighted by atomic mass is 10.1. The number of ether oxygens (including phenoxy) is 1. The number of nitrogens with one attached hydrogen (secondary N) is 1. The number of pyridine rings is 1. The maximum absolute atomic E-state index is 12.1. The first kappa shape index (κ1) is 17.9. The summed E-state index contributed by atoms with van der Waals surface area (Å²) in [6, 6.07) is 20.7. The molecule has 0 aliphatic heterocycles. The molecule has 0 unspecified atom stereocenters. The third-order valence-corrected chi connectivity index (χ3v) is 4.02. The second kappa shape index (κ2) is 8.97. The van der Waals surface area contributed by atoms with Crippen molar-refractivity contribution in [2.75, 3.05) is 11.9 Å². The van der Waals surface area contributed by atoms with Crippen molar-refractivity contribution in [3.8, 4) is 5.75 Å². The molecular formula is C21H17BrN2O2. The largest absolute Gasteiger partial charge is 0.484 e. The van der Waals surface area contributed by atoms with Gasteiger partial charge in [0.25, 0.3) is 5.91 Å². The second-order valence-electron chi connectivity index (χ2n) is 5.50. The Morgan fingerprint density at radius 2 is 1.88 bits per heavy atom. The summed E-state index contributed by atoms with van der Waals surface area (Å²) in [6.07, 6.45) is 5.63. The van der Waals surface area contributed by atoms with E-state index in [1.54, 1.807) is 18.3 Å². The predicted octanol–water partition coefficient (Wildman–Crippen LogP) is 5.03. The molecule has 3 rings (SSSR count). The van der Waals surface area contributed by atoms with Crippen LogP contribution in [0.5, 0.6) is 5.75 Å². The molecule has 5 heteroatoms. The molecule has 0 radical (unpaired) electrons. The Morgan fingerprint density at radius 3 is 2.65 bits per heavy atom. The van der Waals surface area contributed by atoms with Crippen LogP contribution >= 0.6 is 15.9 Å². The highest BCUT2D eigenvalue weighted by atomic mass is 79.9. The van der Waals surface area contributed by atoms with Crippen LogP contribution in [-0.2, 0) is 4.79 Å². The molecule has 0 saturated carbocycles. The lowest BCUT2D eigenvalue weighted by molar-refractivity contribution is -0.118. The topological polar surface area (TPSA) is 51.2 Å². The molecule has 26 heavy (non-hydrogen) atoms. The Bertz CT molecular complexity index is 893. The SMILES string of the molecule is O=C(COc1ccc(Br)cc1)Nc1cccc(/C=C/c2ccccn2)c1. The number of benzene rings is 2. The zero-order chi connectivity index (χ0) is 18.2. The van der Waals surface area contributed by atoms with Gasteiger partial charge in [-0.15, -0.1) is 0 Å². The molecule has 0 atom stereocenters. The average Bonchev–Trinajstić information content (AvgIpc) is 2.67. The lowest BCUT2D eigenvalue weighted by Gasteiger charge is -2.08. The number of anilines is 1. The number of amides is 1. The highest BCUT2D eigenvalue weighted by molar-refractivity contribution is 9.10. The first-order valence-corrected chi connectivity index (χ1v) is 8.86. The van der Waals surface area contributed by atoms with Gasteiger partial charge in [-0.3, -0.25) is 9.78 Å². The molecule has 1 N–H and O–H groups in total. The fraction of sp³-hybridized carbons (Fsp3) is 0.0476. The number of hydrogen-bond donors (Lipinski definition) is 1. The van der Waals surface area contributed by atoms with Gasteiger partial charge in [0.2, 0.25) is 0 Å². The van der Waals surface area contributed by atoms with E-state index in [1.165, 1.54) is 0 Å². The minimum absolute atomic E-state index is 0.0460. The van der Waals surface area contributed by atoms with Crippen LogP contribution in [0.2, 0.25) is 0 Å². The summed E-state index contributed by atoms with van der Waals surface area (Å²) < 4.78 is 6.44. The van der Waals surface area contributed by atoms with Crippen LogP contribution in [0.3, 0.4) is 0 Å². The van der Waals surface area contributed by atoms with Crippen LogP contribution in [0, 0.1) is 0 Å². The van der Waals surface area contributed by atoms with E-state index in [0.29, 0.717) is 5.75 Å². The van der Waals surface area contributed by atoms with Crippen LogP contribution in [0.1, 0.15) is 11.3 Å². The van der Waals surface area contributed by atoms with Crippen molar-refractivity contribution in [1.29, 1.82) is 0 Å². The molecule has 0 aliphatic rings. The van der Waals surface area contributed by atoms with Crippen LogP contribution in [0.15, 0.2) is 77.4 Å². The first-order valence-electron chi connectivity index (χ1n) is 8.06. The summed E-state index contributed by atoms with van der Waals surface area (Å²) in [6.45, 7) is -0.0460. The number of rotatable bonds is 6. The van der Waals surface area contributed by atoms with Crippen molar-refractivity contribution in [2.45, 2.75) is 0 Å². The summed E-state index contributed by atoms with van der Waals surface area (Å²) in [5.41, 5.74) is 2.57. The van der Waals surface area contributed by atoms with E-state index in [9.17, 15) is 4.79 Å². The molecule has 130 valence electrons. The van der Waals surface area contributed by atoms with Gasteiger partial charge >= 0.3 is 0 Å². The summed E-state index contributed by atoms with van der Waals surface area (Å²) in [4.78, 5) is 16.3. The number of aromatic nitrogens is 1. The molecule has 3 aromatic rings. The standard InChI is InChI=1S/C21H17BrN2O2/c22-17-8-11-20(12-9-17)26-15-21(25)24-19-6-3-4-16(14-19)7-10-18-5-1-2-13-23-18/h1-14H,15H2,(H,24,25)/b10-7+. The predicted molar refractivity (Wildman–Crippen MR) is 108 cm³/mol. The van der Waals surface area contributed by atoms with Crippen molar-refractivity contribution in [3.63, 3.8) is 0 Å². The monoisotopic (exact) mass is 408 g/mol. The van der Waals surface area contributed by atoms with Gasteiger partial charge in [0.1, 0.15) is 5.75 Å². The van der Waals surface area contributed by atoms with Crippen molar-refractivity contribution < 1.29 is 9.53 Å². The van der Waals surface area contributed by atoms with Crippen LogP contribution in [0.4, 0.5) is 5.69 Å². The smallest absolute Gasteiger partial charge is 0.262 e. The molecule has 0 saturated heterocycles. The highest BCUT2D eigenvalue weighted by Gasteiger charge is 2.04. The lowest BCUT2D eigenvalue weighted by Crippen LogP contribution is -2.20. The van der Waals surface area contributed by atoms with Gasteiger partial charge in [-0.1, -0.05) is 40.2 Å². The van der Waals surface area contributed by atoms with Crippen molar-refractivity contribution in [2.24, 2.45) is 0 Å². The maximum Gasteiger partial charge on any atom is 0.262 e. The Morgan fingerprint density at radius 1 is 1.04 bits per heavy atom. The highest BCUT2D eigenvalue weighted by Crippen LogP contribution is 2.16. The molecule has 1 heterocycles. The maximum atomic E-state index is 12.1. The molecule has 0 aliphatic carbocycles. The van der Waals surface area contributed by atoms with E-state index >= 15 is 0 Å². The minimum atomic E-state index is -0.209. The number of carbonyl (C=O) groups excluding carboxylic acids is 1. The van der Waals surface area contributed by atoms with Crippen LogP contribution in [-0.4, -0.2) is 17.5 Å². The minimum Gasteiger partial charge on any atom is -0.484 e. The second-order valence-corrected chi connectivity index (χ2v) is 6.42. The van der Waals surface area contributed by atoms with Crippen molar-refractivity contribution >= 4 is 39.7 Å². The molecule has 0 spiro atoms. The van der Waals surface area contributed by atoms with E-state index in [1.807, 2.05) is 66.7 Å². The normalized spacial score (nSPS) is 10.7. The fourth-order valence-electron chi connectivity index (χ4n) is 2.25. The summed E-state index contributed by atoms with van der Waals surface area (Å²) in [5.74, 6) is 0.439. The summed E-state index contributed by atoms with van der Waals surface area (Å²) in [7, 11) is 0. The van der Waals surface area contributed by atoms with Gasteiger partial charge < -0.3 is 10.1 Å². The Balaban J connectivity index is 1.56. The molecule has 2 aromatic carbocycles. The third-order valence-electron chi connectivity index (χ3n) is 3.49. The van der Waals surface area contributed by atoms with Crippen LogP contribution < -0.4 is 10.1 Å². The number of nitrogens with zero attached hydrogens (tertiary/aromatic N) is 1. The third kappa shape index (κ3) is 5.57. The van der Waals surface area contributed by atoms with Gasteiger partial charge in [-0.25, -0.2) is 0 Å². The fourth-order valence-corrected chi connectivity index (χ4v) is 2.52. The molecule has 0 fully saturated rings. The van der Waals surface area contributed by atoms with Gasteiger partial charge in [0.05, 0.1) is 5.69 Å². The Kier molecular flexibility index (Phi) is 6.17. The van der Waals surface area contributed by atoms with E-state index in [4.69, 9.17) is 4.74 Å². The van der Waals surface area contributed by atoms with Gasteiger partial charge in [-0.05, 0) is 60.2 Å². The number of halogens is 1. The molecule has 0 bridgehead atoms. The van der Waals surface area contributed by atoms with Crippen LogP contribution in [0.25, 0.3) is 12.2 Å². The summed E-state index contributed by atoms with van der Waals surface area (Å²) >= 11 is 3.36. The molecular weight excluding hydrogens is 392 g/mol. The van der Waals surface area contributed by atoms with Crippen molar-refractivity contribution in [3.05, 3.63) is 88.7 Å². The van der Waals surface area contributed by atoms with E-state index in [-0.39, 0.29) is 12.5 Å². The van der Waals surface area contributed by atoms with Gasteiger partial charge in [-0.2, -0.15) is 0 Å². The number of carbonyl (C=O) groups is 1. The van der Waals surface area contributed by atoms with E-state index < -0.39 is 0 Å². The Hall–Kier alpha value is -2.92. The van der Waals surface area contributed by atoms with E-state index in [0.717, 1.165) is 21.4 Å². The van der Waals surface area contributed by atoms with E-state index in [2.05, 4.69) is 26.2 Å². The molecule has 1 amide bonds. The van der Waals surface area contributed by atoms with Gasteiger partial charge in [0, 0.05) is 16.4 Å². The quantitative estimate of drug-likeness (QED) is 0.621. The number of hydrogen-bond acceptors (Lipinski definition) is 3. The van der Waals surface area contributed by atoms with Crippen molar-refractivity contribution in [1.82, 2.24) is 4.98 Å². The first-order chi connectivity index (χ1) is 12.7. The Labute approximate surface area is 160 Å². The average molecular weight is 409 g/mol. The zero-order valence-electron chi connectivity index (χ0n) is 13.9. The zero-order valence-corrected chi connectivity index (χ0v) is 15.5.